The summed E-state index contributed by atoms with van der Waals surface area (Å²) < 4.78 is 5.28. The molecule has 0 saturated heterocycles. The van der Waals surface area contributed by atoms with Gasteiger partial charge in [-0.1, -0.05) is 41.9 Å². The number of hydrogen-bond donors (Lipinski definition) is 0. The lowest BCUT2D eigenvalue weighted by molar-refractivity contribution is -0.128. The Hall–Kier alpha value is -2.65. The van der Waals surface area contributed by atoms with E-state index in [9.17, 15) is 4.79 Å². The second-order valence-corrected chi connectivity index (χ2v) is 5.52. The van der Waals surface area contributed by atoms with E-state index in [-0.39, 0.29) is 0 Å². The normalized spacial score (nSPS) is 11.0. The highest BCUT2D eigenvalue weighted by Crippen LogP contribution is 2.25. The third-order valence-corrected chi connectivity index (χ3v) is 3.67. The molecule has 0 radical (unpaired) electrons. The van der Waals surface area contributed by atoms with Crippen molar-refractivity contribution >= 4 is 34.5 Å². The Labute approximate surface area is 139 Å². The Kier molecular flexibility index (Phi) is 4.40. The average Bonchev–Trinajstić information content (AvgIpc) is 2.56. The smallest absolute Gasteiger partial charge is 0.336 e. The van der Waals surface area contributed by atoms with Gasteiger partial charge in [0.25, 0.3) is 0 Å². The van der Waals surface area contributed by atoms with Gasteiger partial charge in [-0.05, 0) is 36.8 Å². The van der Waals surface area contributed by atoms with Crippen molar-refractivity contribution in [2.24, 2.45) is 0 Å². The topological polar surface area (TPSA) is 39.2 Å². The van der Waals surface area contributed by atoms with Crippen LogP contribution in [0.25, 0.3) is 17.0 Å². The lowest BCUT2D eigenvalue weighted by Crippen LogP contribution is -2.04. The Morgan fingerprint density at radius 2 is 2.00 bits per heavy atom. The summed E-state index contributed by atoms with van der Waals surface area (Å²) in [5.41, 5.74) is 2.67. The van der Waals surface area contributed by atoms with Gasteiger partial charge in [0.2, 0.25) is 0 Å². The first kappa shape index (κ1) is 15.3. The van der Waals surface area contributed by atoms with Crippen LogP contribution in [-0.4, -0.2) is 11.0 Å². The highest BCUT2D eigenvalue weighted by Gasteiger charge is 2.06. The van der Waals surface area contributed by atoms with Crippen LogP contribution in [0.4, 0.5) is 0 Å². The average molecular weight is 324 g/mol. The maximum absolute atomic E-state index is 12.0. The molecule has 0 saturated carbocycles. The van der Waals surface area contributed by atoms with Crippen LogP contribution in [0, 0.1) is 6.92 Å². The number of carbonyl (C=O) groups excluding carboxylic acids is 1. The third kappa shape index (κ3) is 3.58. The van der Waals surface area contributed by atoms with Crippen LogP contribution >= 0.6 is 11.6 Å². The van der Waals surface area contributed by atoms with Crippen LogP contribution in [0.1, 0.15) is 11.1 Å². The first-order chi connectivity index (χ1) is 11.1. The quantitative estimate of drug-likeness (QED) is 0.394. The van der Waals surface area contributed by atoms with Crippen LogP contribution in [0.2, 0.25) is 5.02 Å². The van der Waals surface area contributed by atoms with E-state index in [0.717, 1.165) is 22.0 Å². The number of aryl methyl sites for hydroxylation is 1. The summed E-state index contributed by atoms with van der Waals surface area (Å²) >= 11 is 6.02. The van der Waals surface area contributed by atoms with Gasteiger partial charge >= 0.3 is 5.97 Å². The standard InChI is InChI=1S/C19H14ClNO2/c1-13-7-9-16(20)17(12-13)23-18(22)10-8-15-5-2-4-14-6-3-11-21-19(14)15/h2-12H,1H3/b10-8+. The summed E-state index contributed by atoms with van der Waals surface area (Å²) in [4.78, 5) is 16.3. The van der Waals surface area contributed by atoms with E-state index in [2.05, 4.69) is 4.98 Å². The first-order valence-electron chi connectivity index (χ1n) is 7.13. The highest BCUT2D eigenvalue weighted by atomic mass is 35.5. The maximum atomic E-state index is 12.0. The molecule has 1 heterocycles. The van der Waals surface area contributed by atoms with Crippen molar-refractivity contribution in [2.45, 2.75) is 6.92 Å². The maximum Gasteiger partial charge on any atom is 0.336 e. The molecule has 0 aliphatic heterocycles. The van der Waals surface area contributed by atoms with Crippen molar-refractivity contribution in [3.63, 3.8) is 0 Å². The van der Waals surface area contributed by atoms with Gasteiger partial charge in [0.05, 0.1) is 10.5 Å². The predicted octanol–water partition coefficient (Wildman–Crippen LogP) is 4.82. The largest absolute Gasteiger partial charge is 0.422 e. The molecule has 2 aromatic carbocycles. The minimum absolute atomic E-state index is 0.359. The van der Waals surface area contributed by atoms with Crippen molar-refractivity contribution in [3.05, 3.63) is 77.0 Å². The first-order valence-corrected chi connectivity index (χ1v) is 7.51. The number of hydrogen-bond acceptors (Lipinski definition) is 3. The number of benzene rings is 2. The van der Waals surface area contributed by atoms with E-state index in [1.54, 1.807) is 24.4 Å². The number of pyridine rings is 1. The van der Waals surface area contributed by atoms with Gasteiger partial charge in [-0.2, -0.15) is 0 Å². The van der Waals surface area contributed by atoms with E-state index >= 15 is 0 Å². The van der Waals surface area contributed by atoms with Crippen LogP contribution in [0.15, 0.2) is 60.8 Å². The van der Waals surface area contributed by atoms with Gasteiger partial charge in [0, 0.05) is 23.2 Å². The van der Waals surface area contributed by atoms with Crippen LogP contribution < -0.4 is 4.74 Å². The molecule has 4 heteroatoms. The van der Waals surface area contributed by atoms with Gasteiger partial charge in [0.15, 0.2) is 0 Å². The Morgan fingerprint density at radius 3 is 2.87 bits per heavy atom. The number of para-hydroxylation sites is 1. The molecule has 1 aromatic heterocycles. The third-order valence-electron chi connectivity index (χ3n) is 3.36. The molecular weight excluding hydrogens is 310 g/mol. The molecule has 0 aliphatic carbocycles. The summed E-state index contributed by atoms with van der Waals surface area (Å²) in [5.74, 6) is -0.122. The van der Waals surface area contributed by atoms with Gasteiger partial charge in [-0.15, -0.1) is 0 Å². The molecule has 0 bridgehead atoms. The molecule has 23 heavy (non-hydrogen) atoms. The van der Waals surface area contributed by atoms with Crippen molar-refractivity contribution in [1.29, 1.82) is 0 Å². The monoisotopic (exact) mass is 323 g/mol. The number of esters is 1. The van der Waals surface area contributed by atoms with Crippen molar-refractivity contribution in [1.82, 2.24) is 4.98 Å². The Morgan fingerprint density at radius 1 is 1.17 bits per heavy atom. The van der Waals surface area contributed by atoms with Crippen LogP contribution in [0.3, 0.4) is 0 Å². The number of carbonyl (C=O) groups is 1. The number of fused-ring (bicyclic) bond motifs is 1. The summed E-state index contributed by atoms with van der Waals surface area (Å²) in [6.07, 6.45) is 4.80. The molecular formula is C19H14ClNO2. The summed E-state index contributed by atoms with van der Waals surface area (Å²) in [6, 6.07) is 15.0. The van der Waals surface area contributed by atoms with Crippen molar-refractivity contribution in [3.8, 4) is 5.75 Å². The molecule has 3 rings (SSSR count). The predicted molar refractivity (Wildman–Crippen MR) is 92.6 cm³/mol. The SMILES string of the molecule is Cc1ccc(Cl)c(OC(=O)/C=C/c2cccc3cccnc23)c1. The van der Waals surface area contributed by atoms with E-state index in [1.807, 2.05) is 43.3 Å². The van der Waals surface area contributed by atoms with Gasteiger partial charge in [-0.3, -0.25) is 4.98 Å². The summed E-state index contributed by atoms with van der Waals surface area (Å²) in [5, 5.41) is 1.42. The molecule has 0 aliphatic rings. The number of nitrogens with zero attached hydrogens (tertiary/aromatic N) is 1. The van der Waals surface area contributed by atoms with Gasteiger partial charge < -0.3 is 4.74 Å². The minimum atomic E-state index is -0.481. The lowest BCUT2D eigenvalue weighted by Gasteiger charge is -2.05. The Bertz CT molecular complexity index is 898. The molecule has 0 atom stereocenters. The summed E-state index contributed by atoms with van der Waals surface area (Å²) in [7, 11) is 0. The van der Waals surface area contributed by atoms with Gasteiger partial charge in [-0.25, -0.2) is 4.79 Å². The minimum Gasteiger partial charge on any atom is -0.422 e. The van der Waals surface area contributed by atoms with E-state index in [4.69, 9.17) is 16.3 Å². The van der Waals surface area contributed by atoms with E-state index in [1.165, 1.54) is 6.08 Å². The highest BCUT2D eigenvalue weighted by molar-refractivity contribution is 6.32. The zero-order valence-corrected chi connectivity index (χ0v) is 13.2. The van der Waals surface area contributed by atoms with E-state index < -0.39 is 5.97 Å². The fourth-order valence-electron chi connectivity index (χ4n) is 2.25. The lowest BCUT2D eigenvalue weighted by atomic mass is 10.1. The fraction of sp³-hybridized carbons (Fsp3) is 0.0526. The van der Waals surface area contributed by atoms with Gasteiger partial charge in [0.1, 0.15) is 5.75 Å². The molecule has 0 unspecified atom stereocenters. The molecule has 3 aromatic rings. The van der Waals surface area contributed by atoms with Crippen LogP contribution in [-0.2, 0) is 4.79 Å². The molecule has 0 N–H and O–H groups in total. The number of ether oxygens (including phenoxy) is 1. The second kappa shape index (κ2) is 6.63. The van der Waals surface area contributed by atoms with Crippen molar-refractivity contribution in [2.75, 3.05) is 0 Å². The number of rotatable bonds is 3. The molecule has 3 nitrogen and oxygen atoms in total. The fourth-order valence-corrected chi connectivity index (χ4v) is 2.41. The second-order valence-electron chi connectivity index (χ2n) is 5.11. The molecule has 0 spiro atoms. The number of halogens is 1. The summed E-state index contributed by atoms with van der Waals surface area (Å²) in [6.45, 7) is 1.91. The molecule has 0 fully saturated rings. The van der Waals surface area contributed by atoms with E-state index in [0.29, 0.717) is 10.8 Å². The Balaban J connectivity index is 1.82. The molecule has 0 amide bonds. The van der Waals surface area contributed by atoms with Crippen LogP contribution in [0.5, 0.6) is 5.75 Å². The van der Waals surface area contributed by atoms with Crippen molar-refractivity contribution < 1.29 is 9.53 Å². The number of aromatic nitrogens is 1. The zero-order valence-electron chi connectivity index (χ0n) is 12.5. The zero-order chi connectivity index (χ0) is 16.2. The molecule has 114 valence electrons.